The van der Waals surface area contributed by atoms with Gasteiger partial charge in [-0.15, -0.1) is 0 Å². The molecule has 0 bridgehead atoms. The number of hydrogen-bond acceptors (Lipinski definition) is 3. The molecule has 0 aromatic heterocycles. The molecule has 2 aliphatic rings. The molecule has 3 rings (SSSR count). The smallest absolute Gasteiger partial charge is 0.322 e. The molecule has 1 heterocycles. The van der Waals surface area contributed by atoms with E-state index in [2.05, 4.69) is 4.99 Å². The van der Waals surface area contributed by atoms with Crippen molar-refractivity contribution >= 4 is 17.6 Å². The molecule has 1 amide bonds. The zero-order valence-electron chi connectivity index (χ0n) is 10.1. The van der Waals surface area contributed by atoms with E-state index in [1.165, 1.54) is 7.11 Å². The van der Waals surface area contributed by atoms with Crippen LogP contribution in [0.5, 0.6) is 0 Å². The highest BCUT2D eigenvalue weighted by Crippen LogP contribution is 2.56. The van der Waals surface area contributed by atoms with Crippen LogP contribution in [0.3, 0.4) is 0 Å². The van der Waals surface area contributed by atoms with Crippen molar-refractivity contribution in [1.29, 1.82) is 0 Å². The van der Waals surface area contributed by atoms with E-state index in [0.717, 1.165) is 5.56 Å². The van der Waals surface area contributed by atoms with Crippen molar-refractivity contribution < 1.29 is 14.3 Å². The lowest BCUT2D eigenvalue weighted by atomic mass is 9.92. The van der Waals surface area contributed by atoms with Gasteiger partial charge in [-0.3, -0.25) is 9.59 Å². The maximum absolute atomic E-state index is 12.2. The summed E-state index contributed by atoms with van der Waals surface area (Å²) in [6, 6.07) is 9.44. The molecule has 2 atom stereocenters. The maximum Gasteiger partial charge on any atom is 0.322 e. The molecule has 92 valence electrons. The average Bonchev–Trinajstić information content (AvgIpc) is 3.07. The van der Waals surface area contributed by atoms with Gasteiger partial charge in [-0.2, -0.15) is 0 Å². The lowest BCUT2D eigenvalue weighted by Gasteiger charge is -2.13. The maximum atomic E-state index is 12.2. The predicted octanol–water partition coefficient (Wildman–Crippen LogP) is 1.49. The summed E-state index contributed by atoms with van der Waals surface area (Å²) in [5.41, 5.74) is 0.745. The number of esters is 1. The third kappa shape index (κ3) is 1.29. The van der Waals surface area contributed by atoms with E-state index < -0.39 is 5.41 Å². The van der Waals surface area contributed by atoms with Crippen LogP contribution in [0, 0.1) is 5.92 Å². The first-order valence-corrected chi connectivity index (χ1v) is 5.97. The van der Waals surface area contributed by atoms with Crippen molar-refractivity contribution in [3.63, 3.8) is 0 Å². The first kappa shape index (κ1) is 11.1. The minimum Gasteiger partial charge on any atom is -0.468 e. The zero-order valence-corrected chi connectivity index (χ0v) is 10.1. The van der Waals surface area contributed by atoms with Crippen LogP contribution in [0.25, 0.3) is 0 Å². The fourth-order valence-electron chi connectivity index (χ4n) is 2.93. The average molecular weight is 243 g/mol. The van der Waals surface area contributed by atoms with Crippen LogP contribution in [0.4, 0.5) is 0 Å². The fourth-order valence-corrected chi connectivity index (χ4v) is 2.93. The second kappa shape index (κ2) is 3.77. The van der Waals surface area contributed by atoms with E-state index in [4.69, 9.17) is 4.74 Å². The Morgan fingerprint density at radius 3 is 2.72 bits per heavy atom. The zero-order chi connectivity index (χ0) is 12.8. The highest BCUT2D eigenvalue weighted by atomic mass is 16.5. The molecular formula is C14H13NO3. The molecule has 0 radical (unpaired) electrons. The summed E-state index contributed by atoms with van der Waals surface area (Å²) in [5.74, 6) is -0.417. The number of ether oxygens (including phenoxy) is 1. The van der Waals surface area contributed by atoms with Crippen molar-refractivity contribution in [1.82, 2.24) is 0 Å². The van der Waals surface area contributed by atoms with Gasteiger partial charge in [0.05, 0.1) is 7.11 Å². The Morgan fingerprint density at radius 2 is 2.11 bits per heavy atom. The van der Waals surface area contributed by atoms with Gasteiger partial charge in [0.25, 0.3) is 0 Å². The van der Waals surface area contributed by atoms with Crippen LogP contribution in [-0.4, -0.2) is 24.7 Å². The van der Waals surface area contributed by atoms with Crippen molar-refractivity contribution in [2.45, 2.75) is 18.3 Å². The topological polar surface area (TPSA) is 55.7 Å². The number of hydrogen-bond donors (Lipinski definition) is 0. The number of aliphatic imine (C=N–C) groups is 1. The minimum atomic E-state index is -0.803. The number of fused-ring (bicyclic) bond motifs is 1. The number of nitrogens with zero attached hydrogens (tertiary/aromatic N) is 1. The summed E-state index contributed by atoms with van der Waals surface area (Å²) in [5, 5.41) is 0. The Hall–Kier alpha value is -1.97. The lowest BCUT2D eigenvalue weighted by molar-refractivity contribution is -0.143. The summed E-state index contributed by atoms with van der Waals surface area (Å²) >= 11 is 0. The van der Waals surface area contributed by atoms with Crippen LogP contribution >= 0.6 is 0 Å². The van der Waals surface area contributed by atoms with Crippen molar-refractivity contribution in [3.05, 3.63) is 35.9 Å². The number of carbonyl (C=O) groups is 2. The molecule has 2 unspecified atom stereocenters. The van der Waals surface area contributed by atoms with Crippen LogP contribution in [0.15, 0.2) is 35.3 Å². The molecule has 4 heteroatoms. The third-order valence-corrected chi connectivity index (χ3v) is 3.80. The standard InChI is InChI=1S/C14H13NO3/c1-18-13(17)14(9-5-3-2-4-6-9)10-7-8-11(16)15-12(10)14/h2-6,10H,7-8H2,1H3. The largest absolute Gasteiger partial charge is 0.468 e. The molecule has 4 nitrogen and oxygen atoms in total. The van der Waals surface area contributed by atoms with Crippen molar-refractivity contribution in [3.8, 4) is 0 Å². The molecule has 1 aromatic carbocycles. The van der Waals surface area contributed by atoms with Crippen LogP contribution in [0.1, 0.15) is 18.4 Å². The number of benzene rings is 1. The van der Waals surface area contributed by atoms with Crippen molar-refractivity contribution in [2.24, 2.45) is 10.9 Å². The summed E-state index contributed by atoms with van der Waals surface area (Å²) in [6.07, 6.45) is 1.10. The van der Waals surface area contributed by atoms with E-state index in [1.807, 2.05) is 30.3 Å². The third-order valence-electron chi connectivity index (χ3n) is 3.80. The lowest BCUT2D eigenvalue weighted by Crippen LogP contribution is -2.26. The Morgan fingerprint density at radius 1 is 1.39 bits per heavy atom. The Kier molecular flexibility index (Phi) is 2.33. The van der Waals surface area contributed by atoms with Gasteiger partial charge >= 0.3 is 5.97 Å². The van der Waals surface area contributed by atoms with Gasteiger partial charge in [0.15, 0.2) is 0 Å². The van der Waals surface area contributed by atoms with E-state index in [9.17, 15) is 9.59 Å². The summed E-state index contributed by atoms with van der Waals surface area (Å²) in [6.45, 7) is 0. The minimum absolute atomic E-state index is 0.0325. The van der Waals surface area contributed by atoms with Gasteiger partial charge < -0.3 is 4.74 Å². The molecule has 0 spiro atoms. The van der Waals surface area contributed by atoms with Crippen LogP contribution in [-0.2, 0) is 19.7 Å². The van der Waals surface area contributed by atoms with E-state index in [0.29, 0.717) is 18.6 Å². The summed E-state index contributed by atoms with van der Waals surface area (Å²) < 4.78 is 4.93. The normalized spacial score (nSPS) is 29.3. The molecule has 1 fully saturated rings. The number of methoxy groups -OCH3 is 1. The Labute approximate surface area is 105 Å². The number of carbonyl (C=O) groups excluding carboxylic acids is 2. The molecule has 0 saturated heterocycles. The van der Waals surface area contributed by atoms with Crippen LogP contribution in [0.2, 0.25) is 0 Å². The molecule has 18 heavy (non-hydrogen) atoms. The van der Waals surface area contributed by atoms with Gasteiger partial charge in [0.1, 0.15) is 5.41 Å². The molecule has 1 aromatic rings. The summed E-state index contributed by atoms with van der Waals surface area (Å²) in [7, 11) is 1.37. The van der Waals surface area contributed by atoms with E-state index in [-0.39, 0.29) is 17.8 Å². The number of rotatable bonds is 2. The first-order chi connectivity index (χ1) is 8.71. The SMILES string of the molecule is COC(=O)C1(c2ccccc2)C2=NC(=O)CCC21. The predicted molar refractivity (Wildman–Crippen MR) is 65.3 cm³/mol. The molecule has 1 aliphatic carbocycles. The van der Waals surface area contributed by atoms with Gasteiger partial charge in [0.2, 0.25) is 5.91 Å². The quantitative estimate of drug-likeness (QED) is 0.739. The molecular weight excluding hydrogens is 230 g/mol. The van der Waals surface area contributed by atoms with Crippen LogP contribution < -0.4 is 0 Å². The molecule has 1 aliphatic heterocycles. The second-order valence-corrected chi connectivity index (χ2v) is 4.65. The van der Waals surface area contributed by atoms with Gasteiger partial charge in [-0.05, 0) is 12.0 Å². The van der Waals surface area contributed by atoms with Gasteiger partial charge in [-0.25, -0.2) is 4.99 Å². The monoisotopic (exact) mass is 243 g/mol. The van der Waals surface area contributed by atoms with Gasteiger partial charge in [0, 0.05) is 18.1 Å². The number of amides is 1. The second-order valence-electron chi connectivity index (χ2n) is 4.65. The molecule has 1 saturated carbocycles. The van der Waals surface area contributed by atoms with E-state index >= 15 is 0 Å². The Balaban J connectivity index is 2.12. The highest BCUT2D eigenvalue weighted by Gasteiger charge is 2.70. The van der Waals surface area contributed by atoms with E-state index in [1.54, 1.807) is 0 Å². The Bertz CT molecular complexity index is 549. The highest BCUT2D eigenvalue weighted by molar-refractivity contribution is 6.30. The fraction of sp³-hybridized carbons (Fsp3) is 0.357. The first-order valence-electron chi connectivity index (χ1n) is 5.97. The molecule has 0 N–H and O–H groups in total. The van der Waals surface area contributed by atoms with Crippen molar-refractivity contribution in [2.75, 3.05) is 7.11 Å². The van der Waals surface area contributed by atoms with Gasteiger partial charge in [-0.1, -0.05) is 30.3 Å². The summed E-state index contributed by atoms with van der Waals surface area (Å²) in [4.78, 5) is 27.6.